The molecule has 0 aliphatic heterocycles. The molecule has 2 fully saturated rings. The van der Waals surface area contributed by atoms with Crippen LogP contribution < -0.4 is 18.9 Å². The summed E-state index contributed by atoms with van der Waals surface area (Å²) in [7, 11) is 3.35. The van der Waals surface area contributed by atoms with E-state index >= 15 is 0 Å². The topological polar surface area (TPSA) is 102 Å². The first-order valence-corrected chi connectivity index (χ1v) is 21.5. The van der Waals surface area contributed by atoms with E-state index in [4.69, 9.17) is 44.4 Å². The van der Waals surface area contributed by atoms with E-state index in [-0.39, 0.29) is 12.2 Å². The van der Waals surface area contributed by atoms with Gasteiger partial charge < -0.3 is 27.8 Å². The maximum atomic E-state index is 6.25. The second-order valence-corrected chi connectivity index (χ2v) is 16.0. The first-order chi connectivity index (χ1) is 29.4. The van der Waals surface area contributed by atoms with Crippen LogP contribution in [0.4, 0.5) is 0 Å². The van der Waals surface area contributed by atoms with Gasteiger partial charge in [0.25, 0.3) is 0 Å². The van der Waals surface area contributed by atoms with Crippen LogP contribution in [0.15, 0.2) is 106 Å². The normalized spacial score (nSPS) is 14.5. The van der Waals surface area contributed by atoms with Crippen LogP contribution in [0.3, 0.4) is 0 Å². The summed E-state index contributed by atoms with van der Waals surface area (Å²) in [4.78, 5) is 13.9. The van der Waals surface area contributed by atoms with Gasteiger partial charge in [-0.3, -0.25) is 4.98 Å². The number of fused-ring (bicyclic) bond motifs is 2. The zero-order chi connectivity index (χ0) is 41.3. The Balaban J connectivity index is 0.000000168. The van der Waals surface area contributed by atoms with Gasteiger partial charge in [0, 0.05) is 35.3 Å². The molecule has 0 spiro atoms. The van der Waals surface area contributed by atoms with E-state index in [1.807, 2.05) is 85.9 Å². The van der Waals surface area contributed by atoms with Crippen molar-refractivity contribution in [2.24, 2.45) is 0 Å². The van der Waals surface area contributed by atoms with Crippen molar-refractivity contribution in [1.29, 1.82) is 0 Å². The molecule has 9 nitrogen and oxygen atoms in total. The molecule has 60 heavy (non-hydrogen) atoms. The van der Waals surface area contributed by atoms with Crippen molar-refractivity contribution >= 4 is 39.9 Å². The average molecular weight is 826 g/mol. The van der Waals surface area contributed by atoms with E-state index in [9.17, 15) is 0 Å². The van der Waals surface area contributed by atoms with Gasteiger partial charge in [-0.1, -0.05) is 54.1 Å². The molecule has 2 saturated carbocycles. The zero-order valence-electron chi connectivity index (χ0n) is 34.6. The van der Waals surface area contributed by atoms with Crippen LogP contribution in [-0.4, -0.2) is 41.4 Å². The highest BCUT2D eigenvalue weighted by atomic mass is 35.5. The molecule has 4 aromatic carbocycles. The third-order valence-corrected chi connectivity index (χ3v) is 11.4. The summed E-state index contributed by atoms with van der Waals surface area (Å²) in [6.45, 7) is 1.97. The Kier molecular flexibility index (Phi) is 13.3. The van der Waals surface area contributed by atoms with Crippen molar-refractivity contribution in [3.8, 4) is 23.0 Å². The lowest BCUT2D eigenvalue weighted by molar-refractivity contribution is 0.200. The van der Waals surface area contributed by atoms with Gasteiger partial charge in [0.1, 0.15) is 11.0 Å². The van der Waals surface area contributed by atoms with Crippen LogP contribution >= 0.6 is 11.6 Å². The summed E-state index contributed by atoms with van der Waals surface area (Å²) < 4.78 is 35.6. The van der Waals surface area contributed by atoms with Gasteiger partial charge in [-0.05, 0) is 142 Å². The molecule has 0 saturated heterocycles. The van der Waals surface area contributed by atoms with Gasteiger partial charge in [0.05, 0.1) is 26.4 Å². The van der Waals surface area contributed by atoms with E-state index in [0.29, 0.717) is 29.6 Å². The van der Waals surface area contributed by atoms with Crippen molar-refractivity contribution in [2.75, 3.05) is 14.2 Å². The summed E-state index contributed by atoms with van der Waals surface area (Å²) in [6, 6.07) is 28.0. The lowest BCUT2D eigenvalue weighted by Crippen LogP contribution is -2.11. The summed E-state index contributed by atoms with van der Waals surface area (Å²) in [5, 5.41) is 0.650. The van der Waals surface area contributed by atoms with Crippen LogP contribution in [0.25, 0.3) is 28.3 Å². The van der Waals surface area contributed by atoms with E-state index in [1.165, 1.54) is 31.2 Å². The SMILES string of the molecule is C/C=C/c1cc(Cl)cc2nc(Cc3ccc(OC)c(OC4CCCC4)c3)oc12.COc1ccc(Cc2nc3c(CCc4ccccn4)cccc3o2)cc1OC1CCCC1. The van der Waals surface area contributed by atoms with Crippen molar-refractivity contribution in [3.05, 3.63) is 142 Å². The summed E-state index contributed by atoms with van der Waals surface area (Å²) in [5.41, 5.74) is 8.66. The highest BCUT2D eigenvalue weighted by Gasteiger charge is 2.21. The fraction of sp³-hybridized carbons (Fsp3) is 0.340. The standard InChI is InChI=1S/C27H28N2O3.C23H24ClNO3/c1-30-23-15-12-19(17-25(23)31-22-9-2-3-10-22)18-26-29-27-20(7-6-11-24(27)32-26)13-14-21-8-4-5-16-28-21;1-3-6-16-13-17(24)14-19-23(16)28-22(25-19)12-15-9-10-20(26-2)21(11-15)27-18-7-4-5-8-18/h4-8,11-12,15-17,22H,2-3,9-10,13-14,18H2,1H3;3,6,9-11,13-14,18H,4-5,7-8,12H2,1-2H3/b;6-3+. The molecule has 3 heterocycles. The minimum atomic E-state index is 0.277. The fourth-order valence-corrected chi connectivity index (χ4v) is 8.37. The van der Waals surface area contributed by atoms with Crippen LogP contribution in [0.1, 0.15) is 98.0 Å². The molecule has 310 valence electrons. The van der Waals surface area contributed by atoms with Crippen LogP contribution in [-0.2, 0) is 25.7 Å². The predicted molar refractivity (Wildman–Crippen MR) is 237 cm³/mol. The number of aromatic nitrogens is 3. The zero-order valence-corrected chi connectivity index (χ0v) is 35.4. The molecule has 10 heteroatoms. The molecule has 0 unspecified atom stereocenters. The van der Waals surface area contributed by atoms with E-state index in [1.54, 1.807) is 14.2 Å². The van der Waals surface area contributed by atoms with Crippen LogP contribution in [0.2, 0.25) is 5.02 Å². The van der Waals surface area contributed by atoms with Gasteiger partial charge >= 0.3 is 0 Å². The van der Waals surface area contributed by atoms with Crippen molar-refractivity contribution < 1.29 is 27.8 Å². The van der Waals surface area contributed by atoms with Crippen LogP contribution in [0.5, 0.6) is 23.0 Å². The third-order valence-electron chi connectivity index (χ3n) is 11.2. The number of hydrogen-bond acceptors (Lipinski definition) is 9. The Labute approximate surface area is 356 Å². The maximum absolute atomic E-state index is 6.25. The monoisotopic (exact) mass is 825 g/mol. The number of benzene rings is 4. The van der Waals surface area contributed by atoms with E-state index < -0.39 is 0 Å². The van der Waals surface area contributed by atoms with Gasteiger partial charge in [0.15, 0.2) is 45.9 Å². The van der Waals surface area contributed by atoms with E-state index in [0.717, 1.165) is 106 Å². The summed E-state index contributed by atoms with van der Waals surface area (Å²) in [6.07, 6.45) is 18.6. The lowest BCUT2D eigenvalue weighted by atomic mass is 10.1. The molecular weight excluding hydrogens is 774 g/mol. The van der Waals surface area contributed by atoms with Crippen molar-refractivity contribution in [2.45, 2.75) is 96.2 Å². The van der Waals surface area contributed by atoms with E-state index in [2.05, 4.69) is 34.2 Å². The maximum Gasteiger partial charge on any atom is 0.199 e. The number of allylic oxidation sites excluding steroid dienone is 1. The molecule has 7 aromatic rings. The van der Waals surface area contributed by atoms with Crippen LogP contribution in [0, 0.1) is 0 Å². The Morgan fingerprint density at radius 3 is 1.93 bits per heavy atom. The van der Waals surface area contributed by atoms with Gasteiger partial charge in [-0.25, -0.2) is 9.97 Å². The Morgan fingerprint density at radius 1 is 0.683 bits per heavy atom. The summed E-state index contributed by atoms with van der Waals surface area (Å²) >= 11 is 6.22. The summed E-state index contributed by atoms with van der Waals surface area (Å²) in [5.74, 6) is 4.50. The Morgan fingerprint density at radius 2 is 1.33 bits per heavy atom. The quantitative estimate of drug-likeness (QED) is 0.106. The van der Waals surface area contributed by atoms with Gasteiger partial charge in [0.2, 0.25) is 0 Å². The van der Waals surface area contributed by atoms with Gasteiger partial charge in [-0.15, -0.1) is 0 Å². The number of para-hydroxylation sites is 1. The second-order valence-electron chi connectivity index (χ2n) is 15.5. The number of oxazole rings is 2. The molecule has 0 radical (unpaired) electrons. The van der Waals surface area contributed by atoms with Crippen molar-refractivity contribution in [1.82, 2.24) is 15.0 Å². The highest BCUT2D eigenvalue weighted by Crippen LogP contribution is 2.35. The molecule has 2 aliphatic carbocycles. The molecule has 3 aromatic heterocycles. The first kappa shape index (κ1) is 41.0. The molecule has 9 rings (SSSR count). The number of pyridine rings is 1. The molecule has 0 bridgehead atoms. The third kappa shape index (κ3) is 10.1. The predicted octanol–water partition coefficient (Wildman–Crippen LogP) is 12.4. The number of hydrogen-bond donors (Lipinski definition) is 0. The number of nitrogens with zero attached hydrogens (tertiary/aromatic N) is 3. The first-order valence-electron chi connectivity index (χ1n) is 21.1. The number of methoxy groups -OCH3 is 2. The molecule has 0 atom stereocenters. The second kappa shape index (κ2) is 19.5. The minimum Gasteiger partial charge on any atom is -0.493 e. The fourth-order valence-electron chi connectivity index (χ4n) is 8.15. The van der Waals surface area contributed by atoms with Crippen molar-refractivity contribution in [3.63, 3.8) is 0 Å². The van der Waals surface area contributed by atoms with Gasteiger partial charge in [-0.2, -0.15) is 0 Å². The molecule has 0 N–H and O–H groups in total. The Hall–Kier alpha value is -5.80. The largest absolute Gasteiger partial charge is 0.493 e. The minimum absolute atomic E-state index is 0.277. The Bertz CT molecular complexity index is 2540. The average Bonchev–Trinajstić information content (AvgIpc) is 4.10. The smallest absolute Gasteiger partial charge is 0.199 e. The molecular formula is C50H52ClN3O6. The number of aryl methyl sites for hydroxylation is 2. The number of rotatable bonds is 14. The lowest BCUT2D eigenvalue weighted by Gasteiger charge is -2.16. The number of ether oxygens (including phenoxy) is 4. The number of halogens is 1. The molecule has 0 amide bonds. The molecule has 2 aliphatic rings. The highest BCUT2D eigenvalue weighted by molar-refractivity contribution is 6.31.